The molecule has 1 N–H and O–H groups in total. The first-order valence-corrected chi connectivity index (χ1v) is 8.73. The number of amides is 1. The summed E-state index contributed by atoms with van der Waals surface area (Å²) in [7, 11) is 0. The molecule has 0 aliphatic carbocycles. The van der Waals surface area contributed by atoms with E-state index in [1.54, 1.807) is 4.90 Å². The molecule has 1 saturated heterocycles. The highest BCUT2D eigenvalue weighted by Gasteiger charge is 2.37. The standard InChI is InChI=1S/C18H25N3O3/c1-3-20(4-2)14-6-5-13-11-15(18(23)24-16(13)12-14)17(22)21-9-7-19-8-10-21/h5-6,12,15,19H,3-4,7-11H2,1-2H3. The molecule has 2 aliphatic rings. The first kappa shape index (κ1) is 16.8. The minimum atomic E-state index is -0.713. The maximum absolute atomic E-state index is 12.6. The molecule has 24 heavy (non-hydrogen) atoms. The monoisotopic (exact) mass is 331 g/mol. The molecular formula is C18H25N3O3. The summed E-state index contributed by atoms with van der Waals surface area (Å²) in [4.78, 5) is 29.0. The molecule has 1 unspecified atom stereocenters. The van der Waals surface area contributed by atoms with Gasteiger partial charge in [-0.1, -0.05) is 6.07 Å². The molecule has 1 aromatic carbocycles. The average Bonchev–Trinajstić information content (AvgIpc) is 2.62. The van der Waals surface area contributed by atoms with Crippen LogP contribution in [-0.2, 0) is 16.0 Å². The number of rotatable bonds is 4. The van der Waals surface area contributed by atoms with E-state index in [0.717, 1.165) is 37.4 Å². The molecule has 1 aromatic rings. The van der Waals surface area contributed by atoms with Crippen LogP contribution in [0.5, 0.6) is 5.75 Å². The van der Waals surface area contributed by atoms with Gasteiger partial charge in [-0.2, -0.15) is 0 Å². The largest absolute Gasteiger partial charge is 0.426 e. The summed E-state index contributed by atoms with van der Waals surface area (Å²) in [6, 6.07) is 5.93. The molecule has 0 bridgehead atoms. The minimum Gasteiger partial charge on any atom is -0.426 e. The van der Waals surface area contributed by atoms with Crippen molar-refractivity contribution >= 4 is 17.6 Å². The Labute approximate surface area is 142 Å². The van der Waals surface area contributed by atoms with Gasteiger partial charge in [0, 0.05) is 51.0 Å². The van der Waals surface area contributed by atoms with Gasteiger partial charge < -0.3 is 19.9 Å². The van der Waals surface area contributed by atoms with Crippen LogP contribution in [0.4, 0.5) is 5.69 Å². The number of nitrogens with one attached hydrogen (secondary N) is 1. The second-order valence-corrected chi connectivity index (χ2v) is 6.22. The van der Waals surface area contributed by atoms with Crippen molar-refractivity contribution in [2.24, 2.45) is 5.92 Å². The molecule has 130 valence electrons. The third-order valence-electron chi connectivity index (χ3n) is 4.83. The molecule has 6 heteroatoms. The number of nitrogens with zero attached hydrogens (tertiary/aromatic N) is 2. The fraction of sp³-hybridized carbons (Fsp3) is 0.556. The van der Waals surface area contributed by atoms with E-state index in [2.05, 4.69) is 24.1 Å². The van der Waals surface area contributed by atoms with E-state index in [1.807, 2.05) is 18.2 Å². The summed E-state index contributed by atoms with van der Waals surface area (Å²) in [5.74, 6) is -0.661. The quantitative estimate of drug-likeness (QED) is 0.507. The van der Waals surface area contributed by atoms with Crippen LogP contribution in [-0.4, -0.2) is 56.0 Å². The van der Waals surface area contributed by atoms with Gasteiger partial charge in [-0.15, -0.1) is 0 Å². The predicted octanol–water partition coefficient (Wildman–Crippen LogP) is 1.04. The van der Waals surface area contributed by atoms with E-state index in [-0.39, 0.29) is 5.91 Å². The van der Waals surface area contributed by atoms with Gasteiger partial charge in [0.05, 0.1) is 0 Å². The maximum atomic E-state index is 12.6. The Morgan fingerprint density at radius 2 is 2.00 bits per heavy atom. The van der Waals surface area contributed by atoms with Gasteiger partial charge in [0.1, 0.15) is 11.7 Å². The fourth-order valence-corrected chi connectivity index (χ4v) is 3.37. The normalized spacial score (nSPS) is 20.3. The zero-order chi connectivity index (χ0) is 17.1. The van der Waals surface area contributed by atoms with Gasteiger partial charge in [-0.3, -0.25) is 9.59 Å². The fourth-order valence-electron chi connectivity index (χ4n) is 3.37. The van der Waals surface area contributed by atoms with Crippen LogP contribution in [0.2, 0.25) is 0 Å². The highest BCUT2D eigenvalue weighted by atomic mass is 16.5. The molecule has 0 saturated carbocycles. The summed E-state index contributed by atoms with van der Waals surface area (Å²) in [5.41, 5.74) is 1.97. The van der Waals surface area contributed by atoms with E-state index < -0.39 is 11.9 Å². The van der Waals surface area contributed by atoms with Crippen LogP contribution >= 0.6 is 0 Å². The lowest BCUT2D eigenvalue weighted by Crippen LogP contribution is -2.51. The lowest BCUT2D eigenvalue weighted by atomic mass is 9.94. The molecule has 0 spiro atoms. The molecule has 2 heterocycles. The van der Waals surface area contributed by atoms with Crippen molar-refractivity contribution in [1.29, 1.82) is 0 Å². The number of hydrogen-bond acceptors (Lipinski definition) is 5. The summed E-state index contributed by atoms with van der Waals surface area (Å²) in [5, 5.41) is 3.21. The minimum absolute atomic E-state index is 0.111. The summed E-state index contributed by atoms with van der Waals surface area (Å²) >= 11 is 0. The molecule has 0 aromatic heterocycles. The highest BCUT2D eigenvalue weighted by Crippen LogP contribution is 2.32. The first-order chi connectivity index (χ1) is 11.6. The second-order valence-electron chi connectivity index (χ2n) is 6.22. The van der Waals surface area contributed by atoms with E-state index in [9.17, 15) is 9.59 Å². The Balaban J connectivity index is 1.78. The van der Waals surface area contributed by atoms with Crippen LogP contribution < -0.4 is 15.0 Å². The van der Waals surface area contributed by atoms with Crippen molar-refractivity contribution in [3.05, 3.63) is 23.8 Å². The summed E-state index contributed by atoms with van der Waals surface area (Å²) in [6.45, 7) is 8.83. The summed E-state index contributed by atoms with van der Waals surface area (Å²) in [6.07, 6.45) is 0.426. The highest BCUT2D eigenvalue weighted by molar-refractivity contribution is 6.00. The number of anilines is 1. The van der Waals surface area contributed by atoms with Gasteiger partial charge in [0.15, 0.2) is 0 Å². The van der Waals surface area contributed by atoms with E-state index in [4.69, 9.17) is 4.74 Å². The average molecular weight is 331 g/mol. The Kier molecular flexibility index (Phi) is 5.04. The number of benzene rings is 1. The third kappa shape index (κ3) is 3.24. The Morgan fingerprint density at radius 1 is 1.29 bits per heavy atom. The maximum Gasteiger partial charge on any atom is 0.324 e. The van der Waals surface area contributed by atoms with Gasteiger partial charge >= 0.3 is 5.97 Å². The third-order valence-corrected chi connectivity index (χ3v) is 4.83. The molecule has 6 nitrogen and oxygen atoms in total. The van der Waals surface area contributed by atoms with Crippen LogP contribution in [0.25, 0.3) is 0 Å². The van der Waals surface area contributed by atoms with E-state index >= 15 is 0 Å². The number of hydrogen-bond donors (Lipinski definition) is 1. The van der Waals surface area contributed by atoms with Gasteiger partial charge in [-0.25, -0.2) is 0 Å². The smallest absolute Gasteiger partial charge is 0.324 e. The van der Waals surface area contributed by atoms with Crippen LogP contribution in [0, 0.1) is 5.92 Å². The van der Waals surface area contributed by atoms with Crippen molar-refractivity contribution in [1.82, 2.24) is 10.2 Å². The number of esters is 1. The lowest BCUT2D eigenvalue weighted by molar-refractivity contribution is -0.150. The molecule has 1 amide bonds. The topological polar surface area (TPSA) is 61.9 Å². The molecule has 1 atom stereocenters. The predicted molar refractivity (Wildman–Crippen MR) is 92.3 cm³/mol. The van der Waals surface area contributed by atoms with Crippen LogP contribution in [0.1, 0.15) is 19.4 Å². The zero-order valence-corrected chi connectivity index (χ0v) is 14.4. The molecule has 1 fully saturated rings. The summed E-state index contributed by atoms with van der Waals surface area (Å²) < 4.78 is 5.51. The van der Waals surface area contributed by atoms with Crippen molar-refractivity contribution in [3.63, 3.8) is 0 Å². The molecule has 2 aliphatic heterocycles. The molecular weight excluding hydrogens is 306 g/mol. The Morgan fingerprint density at radius 3 is 2.67 bits per heavy atom. The van der Waals surface area contributed by atoms with Gasteiger partial charge in [0.25, 0.3) is 0 Å². The SMILES string of the molecule is CCN(CC)c1ccc2c(c1)OC(=O)C(C(=O)N1CCNCC1)C2. The van der Waals surface area contributed by atoms with Crippen molar-refractivity contribution in [3.8, 4) is 5.75 Å². The number of piperazine rings is 1. The molecule has 3 rings (SSSR count). The van der Waals surface area contributed by atoms with Crippen molar-refractivity contribution < 1.29 is 14.3 Å². The van der Waals surface area contributed by atoms with Crippen molar-refractivity contribution in [2.75, 3.05) is 44.2 Å². The number of ether oxygens (including phenoxy) is 1. The Hall–Kier alpha value is -2.08. The number of carbonyl (C=O) groups excluding carboxylic acids is 2. The van der Waals surface area contributed by atoms with Gasteiger partial charge in [-0.05, 0) is 31.9 Å². The van der Waals surface area contributed by atoms with E-state index in [0.29, 0.717) is 25.3 Å². The molecule has 0 radical (unpaired) electrons. The van der Waals surface area contributed by atoms with Crippen LogP contribution in [0.3, 0.4) is 0 Å². The van der Waals surface area contributed by atoms with Crippen LogP contribution in [0.15, 0.2) is 18.2 Å². The van der Waals surface area contributed by atoms with E-state index in [1.165, 1.54) is 0 Å². The zero-order valence-electron chi connectivity index (χ0n) is 14.4. The lowest BCUT2D eigenvalue weighted by Gasteiger charge is -2.32. The first-order valence-electron chi connectivity index (χ1n) is 8.73. The number of carbonyl (C=O) groups is 2. The number of fused-ring (bicyclic) bond motifs is 1. The Bertz CT molecular complexity index is 622. The van der Waals surface area contributed by atoms with Gasteiger partial charge in [0.2, 0.25) is 5.91 Å². The van der Waals surface area contributed by atoms with Crippen molar-refractivity contribution in [2.45, 2.75) is 20.3 Å². The second kappa shape index (κ2) is 7.21.